The summed E-state index contributed by atoms with van der Waals surface area (Å²) in [5.74, 6) is 0.769. The molecule has 0 bridgehead atoms. The second kappa shape index (κ2) is 11.6. The first-order valence-electron chi connectivity index (χ1n) is 11.0. The highest BCUT2D eigenvalue weighted by molar-refractivity contribution is 5.79. The van der Waals surface area contributed by atoms with Gasteiger partial charge in [-0.25, -0.2) is 4.79 Å². The minimum absolute atomic E-state index is 0.421. The van der Waals surface area contributed by atoms with Crippen molar-refractivity contribution < 1.29 is 9.53 Å². The third-order valence-electron chi connectivity index (χ3n) is 4.86. The summed E-state index contributed by atoms with van der Waals surface area (Å²) in [5.41, 5.74) is -1.02. The Morgan fingerprint density at radius 1 is 1.07 bits per heavy atom. The second-order valence-electron chi connectivity index (χ2n) is 9.41. The van der Waals surface area contributed by atoms with Gasteiger partial charge in [0.05, 0.1) is 12.1 Å². The van der Waals surface area contributed by atoms with Crippen LogP contribution in [0.5, 0.6) is 0 Å². The van der Waals surface area contributed by atoms with Gasteiger partial charge in [-0.3, -0.25) is 9.89 Å². The van der Waals surface area contributed by atoms with Crippen LogP contribution in [0.15, 0.2) is 4.99 Å². The summed E-state index contributed by atoms with van der Waals surface area (Å²) in [6.07, 6.45) is -0.421. The van der Waals surface area contributed by atoms with Crippen molar-refractivity contribution in [2.45, 2.75) is 72.6 Å². The van der Waals surface area contributed by atoms with Gasteiger partial charge < -0.3 is 25.6 Å². The molecule has 1 aliphatic heterocycles. The fourth-order valence-electron chi connectivity index (χ4n) is 3.13. The molecule has 0 aromatic rings. The minimum atomic E-state index is -0.515. The standard InChI is InChI=1S/C21H44N6O2/c1-9-22-18(23-15-17(3)27-13-11-26(10-2)12-14-27)24-16-21(7,8)25-19(28)29-20(4,5)6/h17H,9-16H2,1-8H3,(H,25,28)(H2,22,23,24). The maximum absolute atomic E-state index is 12.1. The summed E-state index contributed by atoms with van der Waals surface area (Å²) < 4.78 is 5.35. The first-order chi connectivity index (χ1) is 13.5. The monoisotopic (exact) mass is 412 g/mol. The van der Waals surface area contributed by atoms with Gasteiger partial charge in [0, 0.05) is 45.3 Å². The van der Waals surface area contributed by atoms with Crippen LogP contribution in [-0.4, -0.2) is 91.4 Å². The summed E-state index contributed by atoms with van der Waals surface area (Å²) in [6.45, 7) is 23.7. The number of carbonyl (C=O) groups is 1. The molecule has 1 rings (SSSR count). The molecule has 29 heavy (non-hydrogen) atoms. The van der Waals surface area contributed by atoms with Crippen molar-refractivity contribution in [3.63, 3.8) is 0 Å². The molecule has 1 saturated heterocycles. The Hall–Kier alpha value is -1.54. The van der Waals surface area contributed by atoms with Gasteiger partial charge in [-0.1, -0.05) is 6.92 Å². The molecule has 3 N–H and O–H groups in total. The van der Waals surface area contributed by atoms with E-state index in [2.05, 4.69) is 51.5 Å². The van der Waals surface area contributed by atoms with Crippen LogP contribution in [-0.2, 0) is 4.74 Å². The van der Waals surface area contributed by atoms with Crippen LogP contribution < -0.4 is 16.0 Å². The fourth-order valence-corrected chi connectivity index (χ4v) is 3.13. The number of aliphatic imine (C=N–C) groups is 1. The molecule has 0 saturated carbocycles. The predicted molar refractivity (Wildman–Crippen MR) is 121 cm³/mol. The lowest BCUT2D eigenvalue weighted by molar-refractivity contribution is 0.0476. The first kappa shape index (κ1) is 25.5. The summed E-state index contributed by atoms with van der Waals surface area (Å²) in [6, 6.07) is 0.436. The van der Waals surface area contributed by atoms with Gasteiger partial charge in [0.25, 0.3) is 0 Å². The van der Waals surface area contributed by atoms with E-state index in [1.54, 1.807) is 0 Å². The number of hydrogen-bond donors (Lipinski definition) is 3. The largest absolute Gasteiger partial charge is 0.444 e. The van der Waals surface area contributed by atoms with E-state index in [0.29, 0.717) is 12.6 Å². The maximum Gasteiger partial charge on any atom is 0.408 e. The number of amides is 1. The molecule has 8 heteroatoms. The molecular formula is C21H44N6O2. The third-order valence-corrected chi connectivity index (χ3v) is 4.86. The van der Waals surface area contributed by atoms with E-state index in [-0.39, 0.29) is 0 Å². The highest BCUT2D eigenvalue weighted by Crippen LogP contribution is 2.10. The van der Waals surface area contributed by atoms with E-state index in [4.69, 9.17) is 4.74 Å². The van der Waals surface area contributed by atoms with Crippen LogP contribution >= 0.6 is 0 Å². The summed E-state index contributed by atoms with van der Waals surface area (Å²) >= 11 is 0. The third kappa shape index (κ3) is 10.7. The molecule has 1 fully saturated rings. The molecule has 1 amide bonds. The van der Waals surface area contributed by atoms with E-state index >= 15 is 0 Å². The van der Waals surface area contributed by atoms with Crippen LogP contribution in [0.3, 0.4) is 0 Å². The van der Waals surface area contributed by atoms with E-state index < -0.39 is 17.2 Å². The van der Waals surface area contributed by atoms with E-state index in [0.717, 1.165) is 51.8 Å². The molecule has 1 aliphatic rings. The zero-order valence-corrected chi connectivity index (χ0v) is 19.9. The topological polar surface area (TPSA) is 81.2 Å². The summed E-state index contributed by atoms with van der Waals surface area (Å²) in [7, 11) is 0. The average molecular weight is 413 g/mol. The Morgan fingerprint density at radius 2 is 1.69 bits per heavy atom. The molecule has 1 heterocycles. The highest BCUT2D eigenvalue weighted by Gasteiger charge is 2.25. The molecular weight excluding hydrogens is 368 g/mol. The SMILES string of the molecule is CCNC(=NCC(C)(C)NC(=O)OC(C)(C)C)NCC(C)N1CCN(CC)CC1. The minimum Gasteiger partial charge on any atom is -0.444 e. The average Bonchev–Trinajstić information content (AvgIpc) is 2.61. The maximum atomic E-state index is 12.1. The second-order valence-corrected chi connectivity index (χ2v) is 9.41. The van der Waals surface area contributed by atoms with Gasteiger partial charge in [-0.05, 0) is 55.0 Å². The number of piperazine rings is 1. The Kier molecular flexibility index (Phi) is 10.2. The van der Waals surface area contributed by atoms with Crippen LogP contribution in [0.25, 0.3) is 0 Å². The lowest BCUT2D eigenvalue weighted by atomic mass is 10.1. The molecule has 1 unspecified atom stereocenters. The van der Waals surface area contributed by atoms with Gasteiger partial charge in [0.2, 0.25) is 0 Å². The Morgan fingerprint density at radius 3 is 2.21 bits per heavy atom. The summed E-state index contributed by atoms with van der Waals surface area (Å²) in [4.78, 5) is 21.7. The van der Waals surface area contributed by atoms with Crippen molar-refractivity contribution in [1.29, 1.82) is 0 Å². The number of guanidine groups is 1. The number of rotatable bonds is 8. The number of likely N-dealkylation sites (N-methyl/N-ethyl adjacent to an activating group) is 1. The highest BCUT2D eigenvalue weighted by atomic mass is 16.6. The zero-order valence-electron chi connectivity index (χ0n) is 19.9. The molecule has 0 aliphatic carbocycles. The lowest BCUT2D eigenvalue weighted by Crippen LogP contribution is -2.53. The number of carbonyl (C=O) groups excluding carboxylic acids is 1. The molecule has 170 valence electrons. The number of alkyl carbamates (subject to hydrolysis) is 1. The van der Waals surface area contributed by atoms with Gasteiger partial charge in [-0.15, -0.1) is 0 Å². The van der Waals surface area contributed by atoms with Crippen molar-refractivity contribution in [3.8, 4) is 0 Å². The van der Waals surface area contributed by atoms with Crippen LogP contribution in [0, 0.1) is 0 Å². The van der Waals surface area contributed by atoms with Crippen molar-refractivity contribution in [1.82, 2.24) is 25.8 Å². The lowest BCUT2D eigenvalue weighted by Gasteiger charge is -2.37. The van der Waals surface area contributed by atoms with E-state index in [1.165, 1.54) is 0 Å². The Balaban J connectivity index is 2.53. The predicted octanol–water partition coefficient (Wildman–Crippen LogP) is 1.87. The quantitative estimate of drug-likeness (QED) is 0.417. The molecule has 0 aromatic carbocycles. The van der Waals surface area contributed by atoms with E-state index in [1.807, 2.05) is 34.6 Å². The smallest absolute Gasteiger partial charge is 0.408 e. The van der Waals surface area contributed by atoms with Gasteiger partial charge in [-0.2, -0.15) is 0 Å². The summed E-state index contributed by atoms with van der Waals surface area (Å²) in [5, 5.41) is 9.64. The van der Waals surface area contributed by atoms with Crippen molar-refractivity contribution in [2.24, 2.45) is 4.99 Å². The Bertz CT molecular complexity index is 522. The van der Waals surface area contributed by atoms with Gasteiger partial charge >= 0.3 is 6.09 Å². The van der Waals surface area contributed by atoms with Crippen LogP contribution in [0.1, 0.15) is 55.4 Å². The Labute approximate surface area is 177 Å². The van der Waals surface area contributed by atoms with Crippen LogP contribution in [0.4, 0.5) is 4.79 Å². The molecule has 1 atom stereocenters. The normalized spacial score (nSPS) is 18.3. The zero-order chi connectivity index (χ0) is 22.1. The van der Waals surface area contributed by atoms with Crippen molar-refractivity contribution >= 4 is 12.1 Å². The number of hydrogen-bond acceptors (Lipinski definition) is 5. The van der Waals surface area contributed by atoms with Gasteiger partial charge in [0.15, 0.2) is 5.96 Å². The van der Waals surface area contributed by atoms with Crippen molar-refractivity contribution in [2.75, 3.05) is 52.4 Å². The van der Waals surface area contributed by atoms with E-state index in [9.17, 15) is 4.79 Å². The fraction of sp³-hybridized carbons (Fsp3) is 0.905. The van der Waals surface area contributed by atoms with Crippen LogP contribution in [0.2, 0.25) is 0 Å². The number of ether oxygens (including phenoxy) is 1. The number of nitrogens with zero attached hydrogens (tertiary/aromatic N) is 3. The molecule has 0 radical (unpaired) electrons. The molecule has 8 nitrogen and oxygen atoms in total. The van der Waals surface area contributed by atoms with Crippen molar-refractivity contribution in [3.05, 3.63) is 0 Å². The van der Waals surface area contributed by atoms with Gasteiger partial charge in [0.1, 0.15) is 5.60 Å². The molecule has 0 aromatic heterocycles. The first-order valence-corrected chi connectivity index (χ1v) is 11.0. The number of nitrogens with one attached hydrogen (secondary N) is 3. The molecule has 0 spiro atoms.